The molecule has 1 aliphatic carbocycles. The fourth-order valence-electron chi connectivity index (χ4n) is 2.36. The SMILES string of the molecule is COC1CCC(c2cc(C)nc(Cl)n2)CC1. The monoisotopic (exact) mass is 240 g/mol. The molecule has 88 valence electrons. The zero-order valence-electron chi connectivity index (χ0n) is 9.74. The van der Waals surface area contributed by atoms with Gasteiger partial charge in [-0.2, -0.15) is 0 Å². The number of nitrogens with zero attached hydrogens (tertiary/aromatic N) is 2. The lowest BCUT2D eigenvalue weighted by Gasteiger charge is -2.27. The third-order valence-electron chi connectivity index (χ3n) is 3.27. The quantitative estimate of drug-likeness (QED) is 0.745. The van der Waals surface area contributed by atoms with Crippen LogP contribution in [0.3, 0.4) is 0 Å². The van der Waals surface area contributed by atoms with Crippen LogP contribution in [0.4, 0.5) is 0 Å². The van der Waals surface area contributed by atoms with Crippen LogP contribution < -0.4 is 0 Å². The lowest BCUT2D eigenvalue weighted by Crippen LogP contribution is -2.20. The van der Waals surface area contributed by atoms with E-state index in [-0.39, 0.29) is 0 Å². The molecule has 1 aromatic heterocycles. The lowest BCUT2D eigenvalue weighted by molar-refractivity contribution is 0.0655. The maximum Gasteiger partial charge on any atom is 0.222 e. The van der Waals surface area contributed by atoms with Crippen LogP contribution in [0.5, 0.6) is 0 Å². The van der Waals surface area contributed by atoms with Crippen LogP contribution in [0.15, 0.2) is 6.07 Å². The van der Waals surface area contributed by atoms with Crippen LogP contribution in [0, 0.1) is 6.92 Å². The molecule has 0 unspecified atom stereocenters. The zero-order chi connectivity index (χ0) is 11.5. The number of rotatable bonds is 2. The Morgan fingerprint density at radius 1 is 1.25 bits per heavy atom. The molecule has 1 fully saturated rings. The number of hydrogen-bond donors (Lipinski definition) is 0. The molecule has 0 bridgehead atoms. The average Bonchev–Trinajstić information content (AvgIpc) is 2.28. The molecule has 16 heavy (non-hydrogen) atoms. The summed E-state index contributed by atoms with van der Waals surface area (Å²) >= 11 is 5.88. The van der Waals surface area contributed by atoms with E-state index in [1.807, 2.05) is 13.0 Å². The molecule has 0 amide bonds. The van der Waals surface area contributed by atoms with Crippen LogP contribution in [0.1, 0.15) is 43.0 Å². The predicted octanol–water partition coefficient (Wildman–Crippen LogP) is 3.11. The van der Waals surface area contributed by atoms with Gasteiger partial charge in [-0.3, -0.25) is 0 Å². The Morgan fingerprint density at radius 3 is 2.50 bits per heavy atom. The Bertz CT molecular complexity index is 342. The summed E-state index contributed by atoms with van der Waals surface area (Å²) in [7, 11) is 1.79. The molecule has 1 aliphatic rings. The summed E-state index contributed by atoms with van der Waals surface area (Å²) in [5.41, 5.74) is 2.04. The predicted molar refractivity (Wildman–Crippen MR) is 63.8 cm³/mol. The Morgan fingerprint density at radius 2 is 1.94 bits per heavy atom. The van der Waals surface area contributed by atoms with Gasteiger partial charge in [-0.05, 0) is 50.3 Å². The summed E-state index contributed by atoms with van der Waals surface area (Å²) < 4.78 is 5.36. The second-order valence-corrected chi connectivity index (χ2v) is 4.75. The number of methoxy groups -OCH3 is 1. The van der Waals surface area contributed by atoms with Gasteiger partial charge >= 0.3 is 0 Å². The summed E-state index contributed by atoms with van der Waals surface area (Å²) in [5.74, 6) is 0.519. The van der Waals surface area contributed by atoms with Crippen molar-refractivity contribution in [3.05, 3.63) is 22.7 Å². The van der Waals surface area contributed by atoms with Crippen molar-refractivity contribution in [2.75, 3.05) is 7.11 Å². The van der Waals surface area contributed by atoms with Gasteiger partial charge in [-0.25, -0.2) is 9.97 Å². The van der Waals surface area contributed by atoms with Crippen LogP contribution in [-0.2, 0) is 4.74 Å². The summed E-state index contributed by atoms with van der Waals surface area (Å²) in [5, 5.41) is 0.365. The second-order valence-electron chi connectivity index (χ2n) is 4.41. The number of ether oxygens (including phenoxy) is 1. The topological polar surface area (TPSA) is 35.0 Å². The van der Waals surface area contributed by atoms with Crippen LogP contribution in [-0.4, -0.2) is 23.2 Å². The van der Waals surface area contributed by atoms with Crippen molar-refractivity contribution in [1.82, 2.24) is 9.97 Å². The zero-order valence-corrected chi connectivity index (χ0v) is 10.5. The first kappa shape index (κ1) is 11.8. The third-order valence-corrected chi connectivity index (χ3v) is 3.44. The first-order valence-electron chi connectivity index (χ1n) is 5.73. The highest BCUT2D eigenvalue weighted by Crippen LogP contribution is 2.33. The number of halogens is 1. The summed E-state index contributed by atoms with van der Waals surface area (Å²) in [6, 6.07) is 2.05. The fraction of sp³-hybridized carbons (Fsp3) is 0.667. The van der Waals surface area contributed by atoms with Gasteiger partial charge in [0.15, 0.2) is 0 Å². The van der Waals surface area contributed by atoms with Gasteiger partial charge in [0.25, 0.3) is 0 Å². The van der Waals surface area contributed by atoms with Crippen molar-refractivity contribution in [1.29, 1.82) is 0 Å². The van der Waals surface area contributed by atoms with Crippen LogP contribution >= 0.6 is 11.6 Å². The van der Waals surface area contributed by atoms with E-state index in [0.717, 1.165) is 37.1 Å². The van der Waals surface area contributed by atoms with Gasteiger partial charge in [0.1, 0.15) is 0 Å². The van der Waals surface area contributed by atoms with E-state index in [1.165, 1.54) is 0 Å². The van der Waals surface area contributed by atoms with E-state index >= 15 is 0 Å². The minimum atomic E-state index is 0.365. The molecule has 1 saturated carbocycles. The minimum absolute atomic E-state index is 0.365. The molecule has 0 aliphatic heterocycles. The summed E-state index contributed by atoms with van der Waals surface area (Å²) in [6.45, 7) is 1.96. The largest absolute Gasteiger partial charge is 0.381 e. The van der Waals surface area contributed by atoms with Crippen molar-refractivity contribution in [2.24, 2.45) is 0 Å². The number of hydrogen-bond acceptors (Lipinski definition) is 3. The molecular formula is C12H17ClN2O. The van der Waals surface area contributed by atoms with Gasteiger partial charge < -0.3 is 4.74 Å². The Balaban J connectivity index is 2.08. The maximum absolute atomic E-state index is 5.88. The highest BCUT2D eigenvalue weighted by molar-refractivity contribution is 6.28. The molecule has 1 heterocycles. The van der Waals surface area contributed by atoms with Gasteiger partial charge in [0.05, 0.1) is 6.10 Å². The van der Waals surface area contributed by atoms with E-state index < -0.39 is 0 Å². The molecule has 0 aromatic carbocycles. The molecule has 0 saturated heterocycles. The molecule has 4 heteroatoms. The Labute approximate surface area is 101 Å². The average molecular weight is 241 g/mol. The van der Waals surface area contributed by atoms with E-state index in [1.54, 1.807) is 7.11 Å². The van der Waals surface area contributed by atoms with Crippen molar-refractivity contribution < 1.29 is 4.74 Å². The van der Waals surface area contributed by atoms with Gasteiger partial charge in [-0.15, -0.1) is 0 Å². The third kappa shape index (κ3) is 2.71. The second kappa shape index (κ2) is 5.11. The van der Waals surface area contributed by atoms with Crippen molar-refractivity contribution in [2.45, 2.75) is 44.6 Å². The molecule has 2 rings (SSSR count). The van der Waals surface area contributed by atoms with E-state index in [2.05, 4.69) is 9.97 Å². The Kier molecular flexibility index (Phi) is 3.77. The maximum atomic E-state index is 5.88. The Hall–Kier alpha value is -0.670. The van der Waals surface area contributed by atoms with E-state index in [0.29, 0.717) is 17.3 Å². The molecule has 3 nitrogen and oxygen atoms in total. The fourth-order valence-corrected chi connectivity index (χ4v) is 2.59. The molecule has 0 spiro atoms. The van der Waals surface area contributed by atoms with Crippen molar-refractivity contribution in [3.63, 3.8) is 0 Å². The van der Waals surface area contributed by atoms with Crippen LogP contribution in [0.25, 0.3) is 0 Å². The summed E-state index contributed by atoms with van der Waals surface area (Å²) in [4.78, 5) is 8.41. The van der Waals surface area contributed by atoms with E-state index in [9.17, 15) is 0 Å². The van der Waals surface area contributed by atoms with Gasteiger partial charge in [0.2, 0.25) is 5.28 Å². The lowest BCUT2D eigenvalue weighted by atomic mass is 9.85. The van der Waals surface area contributed by atoms with E-state index in [4.69, 9.17) is 16.3 Å². The summed E-state index contributed by atoms with van der Waals surface area (Å²) in [6.07, 6.45) is 4.91. The smallest absolute Gasteiger partial charge is 0.222 e. The first-order valence-corrected chi connectivity index (χ1v) is 6.10. The van der Waals surface area contributed by atoms with Crippen molar-refractivity contribution in [3.8, 4) is 0 Å². The number of aryl methyl sites for hydroxylation is 1. The first-order chi connectivity index (χ1) is 7.69. The molecule has 1 aromatic rings. The molecular weight excluding hydrogens is 224 g/mol. The molecule has 0 radical (unpaired) electrons. The van der Waals surface area contributed by atoms with Gasteiger partial charge in [-0.1, -0.05) is 0 Å². The number of aromatic nitrogens is 2. The molecule has 0 N–H and O–H groups in total. The highest BCUT2D eigenvalue weighted by atomic mass is 35.5. The minimum Gasteiger partial charge on any atom is -0.381 e. The highest BCUT2D eigenvalue weighted by Gasteiger charge is 2.23. The van der Waals surface area contributed by atoms with Gasteiger partial charge in [0, 0.05) is 24.4 Å². The normalized spacial score (nSPS) is 25.7. The van der Waals surface area contributed by atoms with Crippen LogP contribution in [0.2, 0.25) is 5.28 Å². The molecule has 0 atom stereocenters. The standard InChI is InChI=1S/C12H17ClN2O/c1-8-7-11(15-12(13)14-8)9-3-5-10(16-2)6-4-9/h7,9-10H,3-6H2,1-2H3. The van der Waals surface area contributed by atoms with Crippen molar-refractivity contribution >= 4 is 11.6 Å².